The van der Waals surface area contributed by atoms with Gasteiger partial charge in [-0.2, -0.15) is 13.2 Å². The van der Waals surface area contributed by atoms with E-state index in [9.17, 15) is 22.7 Å². The van der Waals surface area contributed by atoms with Crippen LogP contribution in [0.4, 0.5) is 17.6 Å². The molecule has 0 heterocycles. The van der Waals surface area contributed by atoms with Crippen LogP contribution in [0.2, 0.25) is 0 Å². The van der Waals surface area contributed by atoms with Gasteiger partial charge in [0.05, 0.1) is 12.7 Å². The number of halogens is 4. The number of benzene rings is 1. The lowest BCUT2D eigenvalue weighted by Gasteiger charge is -2.12. The molecule has 17 heavy (non-hydrogen) atoms. The maximum Gasteiger partial charge on any atom is 0.411 e. The van der Waals surface area contributed by atoms with Crippen LogP contribution in [0, 0.1) is 5.82 Å². The normalized spacial score (nSPS) is 13.7. The molecular formula is C11H12F4O2. The smallest absolute Gasteiger partial charge is 0.390 e. The highest BCUT2D eigenvalue weighted by Crippen LogP contribution is 2.14. The number of rotatable bonds is 5. The molecule has 0 aliphatic rings. The van der Waals surface area contributed by atoms with Gasteiger partial charge in [-0.1, -0.05) is 12.1 Å². The molecule has 0 aromatic heterocycles. The summed E-state index contributed by atoms with van der Waals surface area (Å²) < 4.78 is 52.0. The zero-order valence-corrected chi connectivity index (χ0v) is 8.88. The quantitative estimate of drug-likeness (QED) is 0.815. The minimum Gasteiger partial charge on any atom is -0.390 e. The second-order valence-corrected chi connectivity index (χ2v) is 3.61. The van der Waals surface area contributed by atoms with E-state index in [2.05, 4.69) is 4.74 Å². The number of alkyl halides is 3. The van der Waals surface area contributed by atoms with Gasteiger partial charge in [0.1, 0.15) is 12.4 Å². The summed E-state index contributed by atoms with van der Waals surface area (Å²) in [6, 6.07) is 5.36. The summed E-state index contributed by atoms with van der Waals surface area (Å²) in [5.41, 5.74) is 0.634. The molecule has 0 bridgehead atoms. The van der Waals surface area contributed by atoms with Gasteiger partial charge in [0.25, 0.3) is 0 Å². The van der Waals surface area contributed by atoms with Crippen LogP contribution < -0.4 is 0 Å². The second-order valence-electron chi connectivity index (χ2n) is 3.61. The van der Waals surface area contributed by atoms with Gasteiger partial charge in [-0.05, 0) is 17.7 Å². The monoisotopic (exact) mass is 252 g/mol. The Morgan fingerprint density at radius 2 is 1.76 bits per heavy atom. The van der Waals surface area contributed by atoms with E-state index in [0.29, 0.717) is 5.56 Å². The van der Waals surface area contributed by atoms with E-state index in [1.165, 1.54) is 24.3 Å². The first-order valence-corrected chi connectivity index (χ1v) is 4.94. The average Bonchev–Trinajstić information content (AvgIpc) is 2.19. The van der Waals surface area contributed by atoms with Gasteiger partial charge in [-0.15, -0.1) is 0 Å². The first-order valence-electron chi connectivity index (χ1n) is 4.94. The highest BCUT2D eigenvalue weighted by molar-refractivity contribution is 5.16. The lowest BCUT2D eigenvalue weighted by Crippen LogP contribution is -2.24. The Morgan fingerprint density at radius 3 is 2.29 bits per heavy atom. The van der Waals surface area contributed by atoms with Crippen LogP contribution in [0.15, 0.2) is 24.3 Å². The van der Waals surface area contributed by atoms with Crippen molar-refractivity contribution in [3.05, 3.63) is 35.6 Å². The summed E-state index contributed by atoms with van der Waals surface area (Å²) in [5, 5.41) is 9.38. The SMILES string of the molecule is OC(COCC(F)(F)F)Cc1ccc(F)cc1. The van der Waals surface area contributed by atoms with Gasteiger partial charge in [-0.3, -0.25) is 0 Å². The van der Waals surface area contributed by atoms with Crippen LogP contribution in [-0.2, 0) is 11.2 Å². The molecule has 0 fully saturated rings. The summed E-state index contributed by atoms with van der Waals surface area (Å²) in [6.45, 7) is -1.79. The van der Waals surface area contributed by atoms with Crippen LogP contribution in [0.1, 0.15) is 5.56 Å². The summed E-state index contributed by atoms with van der Waals surface area (Å²) in [5.74, 6) is -0.406. The van der Waals surface area contributed by atoms with Crippen molar-refractivity contribution in [1.29, 1.82) is 0 Å². The molecule has 0 saturated carbocycles. The van der Waals surface area contributed by atoms with E-state index in [0.717, 1.165) is 0 Å². The molecule has 1 aromatic carbocycles. The standard InChI is InChI=1S/C11H12F4O2/c12-9-3-1-8(2-4-9)5-10(16)6-17-7-11(13,14)15/h1-4,10,16H,5-7H2. The minimum absolute atomic E-state index is 0.123. The number of hydrogen-bond acceptors (Lipinski definition) is 2. The third-order valence-electron chi connectivity index (χ3n) is 1.96. The van der Waals surface area contributed by atoms with Crippen molar-refractivity contribution in [1.82, 2.24) is 0 Å². The van der Waals surface area contributed by atoms with E-state index in [4.69, 9.17) is 0 Å². The summed E-state index contributed by atoms with van der Waals surface area (Å²) >= 11 is 0. The molecule has 1 N–H and O–H groups in total. The zero-order chi connectivity index (χ0) is 12.9. The van der Waals surface area contributed by atoms with Crippen LogP contribution in [0.5, 0.6) is 0 Å². The van der Waals surface area contributed by atoms with Crippen LogP contribution in [-0.4, -0.2) is 30.6 Å². The molecule has 0 amide bonds. The number of hydrogen-bond donors (Lipinski definition) is 1. The first-order chi connectivity index (χ1) is 7.87. The van der Waals surface area contributed by atoms with Gasteiger partial charge < -0.3 is 9.84 Å². The topological polar surface area (TPSA) is 29.5 Å². The molecule has 96 valence electrons. The number of aliphatic hydroxyl groups is 1. The van der Waals surface area contributed by atoms with Crippen molar-refractivity contribution in [3.63, 3.8) is 0 Å². The predicted molar refractivity (Wildman–Crippen MR) is 53.0 cm³/mol. The molecule has 1 aromatic rings. The Balaban J connectivity index is 2.30. The molecule has 1 rings (SSSR count). The molecule has 0 saturated heterocycles. The Bertz CT molecular complexity index is 334. The maximum atomic E-state index is 12.5. The van der Waals surface area contributed by atoms with Crippen molar-refractivity contribution in [2.75, 3.05) is 13.2 Å². The Kier molecular flexibility index (Phi) is 4.89. The minimum atomic E-state index is -4.39. The molecule has 0 radical (unpaired) electrons. The third-order valence-corrected chi connectivity index (χ3v) is 1.96. The van der Waals surface area contributed by atoms with Crippen molar-refractivity contribution in [2.45, 2.75) is 18.7 Å². The van der Waals surface area contributed by atoms with E-state index in [1.54, 1.807) is 0 Å². The largest absolute Gasteiger partial charge is 0.411 e. The van der Waals surface area contributed by atoms with E-state index < -0.39 is 31.3 Å². The second kappa shape index (κ2) is 5.97. The molecule has 0 spiro atoms. The van der Waals surface area contributed by atoms with Gasteiger partial charge in [0.15, 0.2) is 0 Å². The number of ether oxygens (including phenoxy) is 1. The van der Waals surface area contributed by atoms with Crippen LogP contribution >= 0.6 is 0 Å². The molecular weight excluding hydrogens is 240 g/mol. The fraction of sp³-hybridized carbons (Fsp3) is 0.455. The lowest BCUT2D eigenvalue weighted by atomic mass is 10.1. The highest BCUT2D eigenvalue weighted by atomic mass is 19.4. The van der Waals surface area contributed by atoms with E-state index in [1.807, 2.05) is 0 Å². The van der Waals surface area contributed by atoms with Crippen molar-refractivity contribution in [3.8, 4) is 0 Å². The van der Waals surface area contributed by atoms with E-state index in [-0.39, 0.29) is 6.42 Å². The molecule has 2 nitrogen and oxygen atoms in total. The molecule has 1 atom stereocenters. The fourth-order valence-electron chi connectivity index (χ4n) is 1.26. The van der Waals surface area contributed by atoms with Crippen molar-refractivity contribution in [2.24, 2.45) is 0 Å². The first kappa shape index (κ1) is 13.9. The highest BCUT2D eigenvalue weighted by Gasteiger charge is 2.27. The van der Waals surface area contributed by atoms with Gasteiger partial charge in [0, 0.05) is 6.42 Å². The summed E-state index contributed by atoms with van der Waals surface area (Å²) in [7, 11) is 0. The Morgan fingerprint density at radius 1 is 1.18 bits per heavy atom. The summed E-state index contributed by atoms with van der Waals surface area (Å²) in [6.07, 6.45) is -5.31. The molecule has 0 aliphatic heterocycles. The van der Waals surface area contributed by atoms with Crippen molar-refractivity contribution < 1.29 is 27.4 Å². The van der Waals surface area contributed by atoms with Gasteiger partial charge >= 0.3 is 6.18 Å². The zero-order valence-electron chi connectivity index (χ0n) is 8.88. The molecule has 1 unspecified atom stereocenters. The van der Waals surface area contributed by atoms with Gasteiger partial charge in [-0.25, -0.2) is 4.39 Å². The maximum absolute atomic E-state index is 12.5. The third kappa shape index (κ3) is 6.23. The number of aliphatic hydroxyl groups excluding tert-OH is 1. The Labute approximate surface area is 95.8 Å². The summed E-state index contributed by atoms with van der Waals surface area (Å²) in [4.78, 5) is 0. The molecule has 0 aliphatic carbocycles. The van der Waals surface area contributed by atoms with Crippen molar-refractivity contribution >= 4 is 0 Å². The Hall–Kier alpha value is -1.14. The van der Waals surface area contributed by atoms with E-state index >= 15 is 0 Å². The molecule has 6 heteroatoms. The fourth-order valence-corrected chi connectivity index (χ4v) is 1.26. The van der Waals surface area contributed by atoms with Crippen LogP contribution in [0.3, 0.4) is 0 Å². The predicted octanol–water partition coefficient (Wildman–Crippen LogP) is 2.31. The lowest BCUT2D eigenvalue weighted by molar-refractivity contribution is -0.179. The van der Waals surface area contributed by atoms with Gasteiger partial charge in [0.2, 0.25) is 0 Å². The van der Waals surface area contributed by atoms with Crippen LogP contribution in [0.25, 0.3) is 0 Å². The average molecular weight is 252 g/mol.